The maximum absolute atomic E-state index is 14.2. The van der Waals surface area contributed by atoms with E-state index in [2.05, 4.69) is 12.2 Å². The van der Waals surface area contributed by atoms with E-state index in [1.807, 2.05) is 19.9 Å². The highest BCUT2D eigenvalue weighted by Crippen LogP contribution is 2.47. The summed E-state index contributed by atoms with van der Waals surface area (Å²) < 4.78 is 48.6. The molecule has 0 radical (unpaired) electrons. The summed E-state index contributed by atoms with van der Waals surface area (Å²) in [6.45, 7) is 6.35. The third-order valence-corrected chi connectivity index (χ3v) is 8.11. The predicted octanol–water partition coefficient (Wildman–Crippen LogP) is 6.80. The van der Waals surface area contributed by atoms with Gasteiger partial charge in [-0.05, 0) is 71.9 Å². The Bertz CT molecular complexity index is 1040. The summed E-state index contributed by atoms with van der Waals surface area (Å²) in [6.07, 6.45) is 0.446. The molecular formula is C27H34F3NO3. The van der Waals surface area contributed by atoms with E-state index in [0.717, 1.165) is 37.7 Å². The number of nitrogens with one attached hydrogen (secondary N) is 1. The average Bonchev–Trinajstić information content (AvgIpc) is 2.77. The maximum atomic E-state index is 14.2. The van der Waals surface area contributed by atoms with E-state index < -0.39 is 29.0 Å². The van der Waals surface area contributed by atoms with Crippen LogP contribution in [-0.2, 0) is 17.5 Å². The Morgan fingerprint density at radius 3 is 2.41 bits per heavy atom. The molecule has 2 aromatic rings. The molecule has 2 aliphatic carbocycles. The van der Waals surface area contributed by atoms with E-state index in [0.29, 0.717) is 24.3 Å². The maximum Gasteiger partial charge on any atom is 0.420 e. The second-order valence-electron chi connectivity index (χ2n) is 10.5. The Hall–Kier alpha value is -2.28. The largest absolute Gasteiger partial charge is 0.490 e. The number of fused-ring (bicyclic) bond motifs is 1. The van der Waals surface area contributed by atoms with E-state index in [4.69, 9.17) is 4.74 Å². The van der Waals surface area contributed by atoms with Gasteiger partial charge in [0.15, 0.2) is 0 Å². The molecule has 2 unspecified atom stereocenters. The van der Waals surface area contributed by atoms with E-state index in [1.165, 1.54) is 6.07 Å². The van der Waals surface area contributed by atoms with Crippen LogP contribution in [0.2, 0.25) is 0 Å². The first-order chi connectivity index (χ1) is 16.0. The molecule has 2 saturated carbocycles. The van der Waals surface area contributed by atoms with Crippen molar-refractivity contribution in [3.8, 4) is 5.75 Å². The van der Waals surface area contributed by atoms with E-state index >= 15 is 0 Å². The van der Waals surface area contributed by atoms with Gasteiger partial charge in [-0.15, -0.1) is 0 Å². The topological polar surface area (TPSA) is 58.6 Å². The molecular weight excluding hydrogens is 443 g/mol. The molecule has 7 heteroatoms. The first-order valence-corrected chi connectivity index (χ1v) is 12.3. The number of carboxylic acids is 1. The van der Waals surface area contributed by atoms with Crippen molar-refractivity contribution in [1.82, 2.24) is 5.32 Å². The van der Waals surface area contributed by atoms with Crippen LogP contribution in [0.1, 0.15) is 70.4 Å². The second-order valence-corrected chi connectivity index (χ2v) is 10.5. The summed E-state index contributed by atoms with van der Waals surface area (Å²) in [4.78, 5) is 11.4. The zero-order valence-corrected chi connectivity index (χ0v) is 20.0. The van der Waals surface area contributed by atoms with Gasteiger partial charge < -0.3 is 15.2 Å². The molecule has 186 valence electrons. The molecule has 0 aromatic heterocycles. The van der Waals surface area contributed by atoms with Crippen LogP contribution in [0.15, 0.2) is 30.3 Å². The normalized spacial score (nSPS) is 26.8. The highest BCUT2D eigenvalue weighted by atomic mass is 19.4. The van der Waals surface area contributed by atoms with Crippen LogP contribution in [0.25, 0.3) is 10.8 Å². The lowest BCUT2D eigenvalue weighted by Gasteiger charge is -2.50. The van der Waals surface area contributed by atoms with Crippen LogP contribution in [0, 0.1) is 17.3 Å². The molecule has 2 N–H and O–H groups in total. The minimum atomic E-state index is -4.54. The van der Waals surface area contributed by atoms with Crippen LogP contribution in [0.4, 0.5) is 13.2 Å². The number of carboxylic acid groups (broad SMARTS) is 1. The Labute approximate surface area is 198 Å². The Morgan fingerprint density at radius 1 is 1.15 bits per heavy atom. The number of hydrogen-bond donors (Lipinski definition) is 2. The lowest BCUT2D eigenvalue weighted by Crippen LogP contribution is -2.58. The van der Waals surface area contributed by atoms with Crippen molar-refractivity contribution in [2.75, 3.05) is 0 Å². The minimum absolute atomic E-state index is 0.000649. The van der Waals surface area contributed by atoms with Gasteiger partial charge in [0.05, 0.1) is 12.0 Å². The van der Waals surface area contributed by atoms with Gasteiger partial charge in [-0.25, -0.2) is 0 Å². The molecule has 4 rings (SSSR count). The lowest BCUT2D eigenvalue weighted by molar-refractivity contribution is -0.155. The fraction of sp³-hybridized carbons (Fsp3) is 0.593. The Morgan fingerprint density at radius 2 is 1.82 bits per heavy atom. The fourth-order valence-electron chi connectivity index (χ4n) is 5.62. The number of hydrogen-bond acceptors (Lipinski definition) is 3. The van der Waals surface area contributed by atoms with Gasteiger partial charge >= 0.3 is 12.1 Å². The van der Waals surface area contributed by atoms with Crippen LogP contribution in [-0.4, -0.2) is 23.2 Å². The number of aliphatic carboxylic acids is 1. The quantitative estimate of drug-likeness (QED) is 0.461. The molecule has 0 heterocycles. The highest BCUT2D eigenvalue weighted by molar-refractivity contribution is 5.89. The standard InChI is InChI=1S/C27H34F3NO3/c1-4-16-6-10-19(11-7-16)34-22-12-9-18-8-5-17(13-20(18)24(22)27(28,29)30)15-31-23-14-21(25(32)33)26(23,2)3/h5,8-9,12-13,16,19,21,23,31H,4,6-7,10-11,14-15H2,1-3H3,(H,32,33)/t16-,19+,21?,23?. The van der Waals surface area contributed by atoms with Gasteiger partial charge in [-0.3, -0.25) is 4.79 Å². The van der Waals surface area contributed by atoms with Crippen molar-refractivity contribution in [1.29, 1.82) is 0 Å². The molecule has 0 bridgehead atoms. The molecule has 2 fully saturated rings. The molecule has 0 spiro atoms. The minimum Gasteiger partial charge on any atom is -0.490 e. The molecule has 34 heavy (non-hydrogen) atoms. The lowest BCUT2D eigenvalue weighted by atomic mass is 9.58. The van der Waals surface area contributed by atoms with Crippen LogP contribution >= 0.6 is 0 Å². The summed E-state index contributed by atoms with van der Waals surface area (Å²) in [5.74, 6) is -0.667. The Balaban J connectivity index is 1.55. The van der Waals surface area contributed by atoms with Crippen molar-refractivity contribution in [2.45, 2.75) is 84.2 Å². The number of rotatable bonds is 7. The summed E-state index contributed by atoms with van der Waals surface area (Å²) in [5, 5.41) is 13.3. The van der Waals surface area contributed by atoms with Gasteiger partial charge in [-0.1, -0.05) is 45.4 Å². The van der Waals surface area contributed by atoms with Gasteiger partial charge in [-0.2, -0.15) is 13.2 Å². The summed E-state index contributed by atoms with van der Waals surface area (Å²) >= 11 is 0. The van der Waals surface area contributed by atoms with Crippen LogP contribution in [0.3, 0.4) is 0 Å². The van der Waals surface area contributed by atoms with Crippen molar-refractivity contribution in [2.24, 2.45) is 17.3 Å². The molecule has 2 aliphatic rings. The van der Waals surface area contributed by atoms with Gasteiger partial charge in [0, 0.05) is 12.6 Å². The van der Waals surface area contributed by atoms with E-state index in [-0.39, 0.29) is 23.3 Å². The van der Waals surface area contributed by atoms with E-state index in [1.54, 1.807) is 18.2 Å². The number of ether oxygens (including phenoxy) is 1. The molecule has 0 aliphatic heterocycles. The van der Waals surface area contributed by atoms with Crippen LogP contribution < -0.4 is 10.1 Å². The van der Waals surface area contributed by atoms with Gasteiger partial charge in [0.1, 0.15) is 11.3 Å². The summed E-state index contributed by atoms with van der Waals surface area (Å²) in [7, 11) is 0. The first kappa shape index (κ1) is 24.8. The van der Waals surface area contributed by atoms with Crippen LogP contribution in [0.5, 0.6) is 5.75 Å². The first-order valence-electron chi connectivity index (χ1n) is 12.3. The number of alkyl halides is 3. The molecule has 4 nitrogen and oxygen atoms in total. The fourth-order valence-corrected chi connectivity index (χ4v) is 5.62. The third-order valence-electron chi connectivity index (χ3n) is 8.11. The number of carbonyl (C=O) groups is 1. The summed E-state index contributed by atoms with van der Waals surface area (Å²) in [5.41, 5.74) is -0.384. The predicted molar refractivity (Wildman–Crippen MR) is 126 cm³/mol. The number of benzene rings is 2. The highest BCUT2D eigenvalue weighted by Gasteiger charge is 2.51. The molecule has 0 amide bonds. The Kier molecular flexibility index (Phi) is 6.87. The monoisotopic (exact) mass is 477 g/mol. The van der Waals surface area contributed by atoms with Crippen molar-refractivity contribution in [3.63, 3.8) is 0 Å². The van der Waals surface area contributed by atoms with E-state index in [9.17, 15) is 23.1 Å². The molecule has 0 saturated heterocycles. The SMILES string of the molecule is CC[C@H]1CC[C@@H](Oc2ccc3ccc(CNC4CC(C(=O)O)C4(C)C)cc3c2C(F)(F)F)CC1. The zero-order valence-electron chi connectivity index (χ0n) is 20.0. The molecule has 2 atom stereocenters. The van der Waals surface area contributed by atoms with Crippen molar-refractivity contribution >= 4 is 16.7 Å². The molecule has 2 aromatic carbocycles. The summed E-state index contributed by atoms with van der Waals surface area (Å²) in [6, 6.07) is 8.27. The van der Waals surface area contributed by atoms with Gasteiger partial charge in [0.2, 0.25) is 0 Å². The van der Waals surface area contributed by atoms with Crippen molar-refractivity contribution < 1.29 is 27.8 Å². The second kappa shape index (κ2) is 9.40. The van der Waals surface area contributed by atoms with Crippen molar-refractivity contribution in [3.05, 3.63) is 41.5 Å². The van der Waals surface area contributed by atoms with Gasteiger partial charge in [0.25, 0.3) is 0 Å². The third kappa shape index (κ3) is 4.90. The smallest absolute Gasteiger partial charge is 0.420 e. The average molecular weight is 478 g/mol. The number of halogens is 3. The zero-order chi connectivity index (χ0) is 24.7.